The molecule has 1 atom stereocenters. The Hall–Kier alpha value is -1.16. The summed E-state index contributed by atoms with van der Waals surface area (Å²) in [5, 5.41) is 7.48. The molecule has 1 aliphatic carbocycles. The minimum absolute atomic E-state index is 0.0911. The maximum atomic E-state index is 11.8. The summed E-state index contributed by atoms with van der Waals surface area (Å²) < 4.78 is 2.04. The fourth-order valence-electron chi connectivity index (χ4n) is 2.34. The van der Waals surface area contributed by atoms with E-state index >= 15 is 0 Å². The molecule has 0 bridgehead atoms. The van der Waals surface area contributed by atoms with Gasteiger partial charge in [-0.15, -0.1) is 0 Å². The van der Waals surface area contributed by atoms with Crippen LogP contribution in [-0.2, 0) is 11.2 Å². The number of carbonyl (C=O) groups is 1. The van der Waals surface area contributed by atoms with Crippen molar-refractivity contribution in [2.75, 3.05) is 7.05 Å². The van der Waals surface area contributed by atoms with E-state index in [2.05, 4.69) is 10.4 Å². The zero-order chi connectivity index (χ0) is 12.3. The number of rotatable bonds is 5. The Kier molecular flexibility index (Phi) is 3.94. The summed E-state index contributed by atoms with van der Waals surface area (Å²) in [5.74, 6) is 0.198. The van der Waals surface area contributed by atoms with Gasteiger partial charge in [0.25, 0.3) is 0 Å². The molecule has 1 aromatic heterocycles. The largest absolute Gasteiger partial charge is 0.311 e. The lowest BCUT2D eigenvalue weighted by molar-refractivity contribution is -0.119. The van der Waals surface area contributed by atoms with Crippen molar-refractivity contribution in [1.29, 1.82) is 0 Å². The van der Waals surface area contributed by atoms with E-state index in [1.165, 1.54) is 25.7 Å². The summed E-state index contributed by atoms with van der Waals surface area (Å²) in [6.07, 6.45) is 7.50. The first-order chi connectivity index (χ1) is 8.20. The first-order valence-corrected chi connectivity index (χ1v) is 6.44. The second kappa shape index (κ2) is 5.45. The van der Waals surface area contributed by atoms with Crippen molar-refractivity contribution in [3.8, 4) is 0 Å². The van der Waals surface area contributed by atoms with Crippen molar-refractivity contribution >= 4 is 5.78 Å². The third kappa shape index (κ3) is 2.94. The molecule has 4 nitrogen and oxygen atoms in total. The van der Waals surface area contributed by atoms with E-state index in [9.17, 15) is 4.79 Å². The standard InChI is InChI=1S/C13H21N3O/c1-10(14-2)13(17)9-11-7-8-16(15-11)12-5-3-4-6-12/h7-8,10,12,14H,3-6,9H2,1-2H3. The van der Waals surface area contributed by atoms with Gasteiger partial charge in [0.2, 0.25) is 0 Å². The van der Waals surface area contributed by atoms with Crippen LogP contribution in [0, 0.1) is 0 Å². The molecular weight excluding hydrogens is 214 g/mol. The van der Waals surface area contributed by atoms with Gasteiger partial charge in [-0.1, -0.05) is 12.8 Å². The minimum atomic E-state index is -0.0911. The molecule has 0 aromatic carbocycles. The highest BCUT2D eigenvalue weighted by Crippen LogP contribution is 2.28. The van der Waals surface area contributed by atoms with E-state index in [-0.39, 0.29) is 11.8 Å². The van der Waals surface area contributed by atoms with Crippen LogP contribution in [-0.4, -0.2) is 28.7 Å². The summed E-state index contributed by atoms with van der Waals surface area (Å²) >= 11 is 0. The first-order valence-electron chi connectivity index (χ1n) is 6.44. The highest BCUT2D eigenvalue weighted by molar-refractivity contribution is 5.85. The molecule has 0 saturated heterocycles. The molecule has 0 radical (unpaired) electrons. The van der Waals surface area contributed by atoms with E-state index in [1.54, 1.807) is 7.05 Å². The molecule has 4 heteroatoms. The van der Waals surface area contributed by atoms with Gasteiger partial charge in [0, 0.05) is 6.20 Å². The molecule has 1 aromatic rings. The molecule has 1 fully saturated rings. The molecule has 1 heterocycles. The van der Waals surface area contributed by atoms with E-state index in [0.29, 0.717) is 12.5 Å². The molecule has 0 spiro atoms. The van der Waals surface area contributed by atoms with Crippen LogP contribution >= 0.6 is 0 Å². The van der Waals surface area contributed by atoms with Crippen molar-refractivity contribution in [1.82, 2.24) is 15.1 Å². The number of ketones is 1. The lowest BCUT2D eigenvalue weighted by Gasteiger charge is -2.09. The molecule has 0 aliphatic heterocycles. The molecule has 17 heavy (non-hydrogen) atoms. The zero-order valence-electron chi connectivity index (χ0n) is 10.6. The maximum Gasteiger partial charge on any atom is 0.155 e. The summed E-state index contributed by atoms with van der Waals surface area (Å²) in [5.41, 5.74) is 0.893. The van der Waals surface area contributed by atoms with Gasteiger partial charge in [-0.05, 0) is 32.9 Å². The highest BCUT2D eigenvalue weighted by atomic mass is 16.1. The Bertz CT molecular complexity index is 380. The topological polar surface area (TPSA) is 46.9 Å². The third-order valence-electron chi connectivity index (χ3n) is 3.63. The minimum Gasteiger partial charge on any atom is -0.311 e. The summed E-state index contributed by atoms with van der Waals surface area (Å²) in [6, 6.07) is 2.44. The number of nitrogens with one attached hydrogen (secondary N) is 1. The van der Waals surface area contributed by atoms with E-state index < -0.39 is 0 Å². The Morgan fingerprint density at radius 1 is 1.59 bits per heavy atom. The van der Waals surface area contributed by atoms with Gasteiger partial charge in [-0.3, -0.25) is 9.48 Å². The highest BCUT2D eigenvalue weighted by Gasteiger charge is 2.18. The lowest BCUT2D eigenvalue weighted by Crippen LogP contribution is -2.32. The molecule has 0 amide bonds. The van der Waals surface area contributed by atoms with Crippen molar-refractivity contribution in [3.63, 3.8) is 0 Å². The smallest absolute Gasteiger partial charge is 0.155 e. The summed E-state index contributed by atoms with van der Waals surface area (Å²) in [7, 11) is 1.81. The molecule has 1 saturated carbocycles. The number of aromatic nitrogens is 2. The van der Waals surface area contributed by atoms with Crippen molar-refractivity contribution < 1.29 is 4.79 Å². The number of nitrogens with zero attached hydrogens (tertiary/aromatic N) is 2. The van der Waals surface area contributed by atoms with Crippen molar-refractivity contribution in [3.05, 3.63) is 18.0 Å². The van der Waals surface area contributed by atoms with E-state index in [1.807, 2.05) is 23.9 Å². The van der Waals surface area contributed by atoms with Crippen LogP contribution < -0.4 is 5.32 Å². The molecule has 94 valence electrons. The lowest BCUT2D eigenvalue weighted by atomic mass is 10.1. The molecule has 2 rings (SSSR count). The van der Waals surface area contributed by atoms with Gasteiger partial charge in [0.1, 0.15) is 0 Å². The summed E-state index contributed by atoms with van der Waals surface area (Å²) in [6.45, 7) is 1.89. The van der Waals surface area contributed by atoms with E-state index in [4.69, 9.17) is 0 Å². The number of carbonyl (C=O) groups excluding carboxylic acids is 1. The average molecular weight is 235 g/mol. The van der Waals surface area contributed by atoms with Crippen LogP contribution in [0.4, 0.5) is 0 Å². The number of Topliss-reactive ketones (excluding diaryl/α,β-unsaturated/α-hetero) is 1. The quantitative estimate of drug-likeness (QED) is 0.845. The van der Waals surface area contributed by atoms with Gasteiger partial charge in [0.15, 0.2) is 5.78 Å². The van der Waals surface area contributed by atoms with Crippen molar-refractivity contribution in [2.24, 2.45) is 0 Å². The van der Waals surface area contributed by atoms with Crippen LogP contribution in [0.25, 0.3) is 0 Å². The van der Waals surface area contributed by atoms with Gasteiger partial charge in [0.05, 0.1) is 24.2 Å². The van der Waals surface area contributed by atoms with Crippen LogP contribution in [0.1, 0.15) is 44.3 Å². The Labute approximate surface area is 102 Å². The Balaban J connectivity index is 1.96. The number of likely N-dealkylation sites (N-methyl/N-ethyl adjacent to an activating group) is 1. The molecular formula is C13H21N3O. The number of hydrogen-bond acceptors (Lipinski definition) is 3. The Morgan fingerprint density at radius 2 is 2.29 bits per heavy atom. The predicted molar refractivity (Wildman–Crippen MR) is 67.0 cm³/mol. The second-order valence-electron chi connectivity index (χ2n) is 4.88. The molecule has 1 aliphatic rings. The second-order valence-corrected chi connectivity index (χ2v) is 4.88. The maximum absolute atomic E-state index is 11.8. The van der Waals surface area contributed by atoms with Crippen LogP contribution in [0.5, 0.6) is 0 Å². The first kappa shape index (κ1) is 12.3. The number of hydrogen-bond donors (Lipinski definition) is 1. The van der Waals surface area contributed by atoms with Crippen LogP contribution in [0.15, 0.2) is 12.3 Å². The van der Waals surface area contributed by atoms with Gasteiger partial charge in [-0.2, -0.15) is 5.10 Å². The average Bonchev–Trinajstić information content (AvgIpc) is 2.97. The van der Waals surface area contributed by atoms with Crippen molar-refractivity contribution in [2.45, 2.75) is 51.1 Å². The van der Waals surface area contributed by atoms with Gasteiger partial charge < -0.3 is 5.32 Å². The molecule has 1 N–H and O–H groups in total. The van der Waals surface area contributed by atoms with Gasteiger partial charge >= 0.3 is 0 Å². The monoisotopic (exact) mass is 235 g/mol. The van der Waals surface area contributed by atoms with Crippen LogP contribution in [0.2, 0.25) is 0 Å². The zero-order valence-corrected chi connectivity index (χ0v) is 10.6. The molecule has 1 unspecified atom stereocenters. The predicted octanol–water partition coefficient (Wildman–Crippen LogP) is 1.72. The SMILES string of the molecule is CNC(C)C(=O)Cc1ccn(C2CCCC2)n1. The van der Waals surface area contributed by atoms with E-state index in [0.717, 1.165) is 5.69 Å². The normalized spacial score (nSPS) is 18.5. The third-order valence-corrected chi connectivity index (χ3v) is 3.63. The fraction of sp³-hybridized carbons (Fsp3) is 0.692. The van der Waals surface area contributed by atoms with Crippen LogP contribution in [0.3, 0.4) is 0 Å². The Morgan fingerprint density at radius 3 is 2.94 bits per heavy atom. The summed E-state index contributed by atoms with van der Waals surface area (Å²) in [4.78, 5) is 11.8. The van der Waals surface area contributed by atoms with Gasteiger partial charge in [-0.25, -0.2) is 0 Å². The fourth-order valence-corrected chi connectivity index (χ4v) is 2.34.